The number of nitrogens with one attached hydrogen (secondary N) is 1. The highest BCUT2D eigenvalue weighted by molar-refractivity contribution is 7.89. The first kappa shape index (κ1) is 27.3. The predicted octanol–water partition coefficient (Wildman–Crippen LogP) is 4.13. The van der Waals surface area contributed by atoms with Gasteiger partial charge < -0.3 is 14.4 Å². The highest BCUT2D eigenvalue weighted by Gasteiger charge is 2.61. The second kappa shape index (κ2) is 10.2. The highest BCUT2D eigenvalue weighted by atomic mass is 32.2. The van der Waals surface area contributed by atoms with Crippen LogP contribution in [0.4, 0.5) is 0 Å². The van der Waals surface area contributed by atoms with Crippen LogP contribution in [0.1, 0.15) is 72.5 Å². The van der Waals surface area contributed by atoms with Crippen molar-refractivity contribution in [1.82, 2.24) is 19.1 Å². The Kier molecular flexibility index (Phi) is 6.94. The van der Waals surface area contributed by atoms with Gasteiger partial charge in [-0.2, -0.15) is 0 Å². The lowest BCUT2D eigenvalue weighted by atomic mass is 9.81. The lowest BCUT2D eigenvalue weighted by Gasteiger charge is -2.27. The van der Waals surface area contributed by atoms with Gasteiger partial charge in [0.25, 0.3) is 5.91 Å². The molecule has 8 nitrogen and oxygen atoms in total. The standard InChI is InChI=1S/C31H40N4O4S/c1-4-21-17-24-19-31(24,30(37)34-14-8-13-33(2)15-16-34)20-35-26-18-23(29(36)32-40(3,38)39)11-12-25(26)27(28(21)35)22-9-6-5-7-10-22/h4,11-12,17-18,22,24H,1,5-10,13-16,19-20H2,2-3H3,(H,32,36). The summed E-state index contributed by atoms with van der Waals surface area (Å²) in [4.78, 5) is 31.5. The average Bonchev–Trinajstić information content (AvgIpc) is 3.61. The Morgan fingerprint density at radius 2 is 1.85 bits per heavy atom. The van der Waals surface area contributed by atoms with E-state index in [1.165, 1.54) is 24.8 Å². The molecule has 9 heteroatoms. The Hall–Kier alpha value is -2.91. The minimum atomic E-state index is -3.70. The Labute approximate surface area is 237 Å². The van der Waals surface area contributed by atoms with Crippen LogP contribution in [-0.2, 0) is 21.4 Å². The van der Waals surface area contributed by atoms with Crippen LogP contribution in [0.5, 0.6) is 0 Å². The Bertz CT molecular complexity index is 1520. The van der Waals surface area contributed by atoms with Gasteiger partial charge in [0.1, 0.15) is 0 Å². The number of aromatic nitrogens is 1. The van der Waals surface area contributed by atoms with E-state index >= 15 is 0 Å². The van der Waals surface area contributed by atoms with Crippen molar-refractivity contribution in [2.24, 2.45) is 11.3 Å². The van der Waals surface area contributed by atoms with Gasteiger partial charge in [0, 0.05) is 42.6 Å². The summed E-state index contributed by atoms with van der Waals surface area (Å²) in [5.74, 6) is 0.136. The molecule has 3 fully saturated rings. The first-order valence-corrected chi connectivity index (χ1v) is 16.5. The topological polar surface area (TPSA) is 91.7 Å². The molecule has 0 radical (unpaired) electrons. The summed E-state index contributed by atoms with van der Waals surface area (Å²) in [5.41, 5.74) is 4.14. The van der Waals surface area contributed by atoms with Gasteiger partial charge in [-0.05, 0) is 74.4 Å². The summed E-state index contributed by atoms with van der Waals surface area (Å²) >= 11 is 0. The number of hydrogen-bond acceptors (Lipinski definition) is 5. The van der Waals surface area contributed by atoms with Crippen LogP contribution in [0.15, 0.2) is 36.9 Å². The maximum absolute atomic E-state index is 14.2. The van der Waals surface area contributed by atoms with Crippen LogP contribution >= 0.6 is 0 Å². The van der Waals surface area contributed by atoms with E-state index in [1.54, 1.807) is 6.07 Å². The monoisotopic (exact) mass is 564 g/mol. The fourth-order valence-corrected chi connectivity index (χ4v) is 7.83. The third kappa shape index (κ3) is 4.81. The summed E-state index contributed by atoms with van der Waals surface area (Å²) < 4.78 is 28.0. The van der Waals surface area contributed by atoms with E-state index in [1.807, 2.05) is 18.2 Å². The molecule has 2 unspecified atom stereocenters. The van der Waals surface area contributed by atoms with Crippen molar-refractivity contribution in [3.63, 3.8) is 0 Å². The van der Waals surface area contributed by atoms with E-state index in [-0.39, 0.29) is 11.8 Å². The average molecular weight is 565 g/mol. The van der Waals surface area contributed by atoms with Gasteiger partial charge in [-0.3, -0.25) is 9.59 Å². The minimum absolute atomic E-state index is 0.153. The molecule has 1 N–H and O–H groups in total. The molecule has 2 aliphatic carbocycles. The van der Waals surface area contributed by atoms with E-state index in [9.17, 15) is 18.0 Å². The molecule has 3 heterocycles. The highest BCUT2D eigenvalue weighted by Crippen LogP contribution is 2.60. The quantitative estimate of drug-likeness (QED) is 0.590. The third-order valence-electron chi connectivity index (χ3n) is 9.54. The number of allylic oxidation sites excluding steroid dienone is 3. The Balaban J connectivity index is 1.49. The van der Waals surface area contributed by atoms with Gasteiger partial charge in [-0.25, -0.2) is 13.1 Å². The number of nitrogens with zero attached hydrogens (tertiary/aromatic N) is 3. The Morgan fingerprint density at radius 3 is 2.58 bits per heavy atom. The first-order chi connectivity index (χ1) is 19.1. The van der Waals surface area contributed by atoms with Crippen LogP contribution in [0, 0.1) is 11.3 Å². The fourth-order valence-electron chi connectivity index (χ4n) is 7.38. The van der Waals surface area contributed by atoms with E-state index in [0.717, 1.165) is 80.3 Å². The molecule has 1 aromatic heterocycles. The van der Waals surface area contributed by atoms with Crippen molar-refractivity contribution in [2.75, 3.05) is 39.5 Å². The molecule has 2 atom stereocenters. The molecular weight excluding hydrogens is 524 g/mol. The fraction of sp³-hybridized carbons (Fsp3) is 0.548. The molecule has 6 rings (SSSR count). The number of sulfonamides is 1. The maximum atomic E-state index is 14.2. The lowest BCUT2D eigenvalue weighted by Crippen LogP contribution is -2.41. The number of hydrogen-bond donors (Lipinski definition) is 1. The molecule has 0 bridgehead atoms. The summed E-state index contributed by atoms with van der Waals surface area (Å²) in [7, 11) is -1.59. The molecule has 1 saturated heterocycles. The third-order valence-corrected chi connectivity index (χ3v) is 10.1. The van der Waals surface area contributed by atoms with Crippen molar-refractivity contribution < 1.29 is 18.0 Å². The smallest absolute Gasteiger partial charge is 0.264 e. The van der Waals surface area contributed by atoms with Crippen LogP contribution in [0.3, 0.4) is 0 Å². The largest absolute Gasteiger partial charge is 0.341 e. The van der Waals surface area contributed by atoms with Gasteiger partial charge in [0.15, 0.2) is 0 Å². The van der Waals surface area contributed by atoms with Crippen molar-refractivity contribution in [3.05, 3.63) is 53.8 Å². The molecule has 40 heavy (non-hydrogen) atoms. The number of fused-ring (bicyclic) bond motifs is 4. The normalized spacial score (nSPS) is 25.8. The van der Waals surface area contributed by atoms with Crippen molar-refractivity contribution in [2.45, 2.75) is 57.4 Å². The zero-order chi connectivity index (χ0) is 28.2. The number of likely N-dealkylation sites (N-methyl/N-ethyl adjacent to an activating group) is 1. The lowest BCUT2D eigenvalue weighted by molar-refractivity contribution is -0.137. The number of benzene rings is 1. The molecular formula is C31H40N4O4S. The van der Waals surface area contributed by atoms with Crippen LogP contribution < -0.4 is 4.72 Å². The zero-order valence-corrected chi connectivity index (χ0v) is 24.4. The van der Waals surface area contributed by atoms with Crippen LogP contribution in [0.2, 0.25) is 0 Å². The van der Waals surface area contributed by atoms with Crippen LogP contribution in [0.25, 0.3) is 16.5 Å². The minimum Gasteiger partial charge on any atom is -0.341 e. The molecule has 2 amide bonds. The van der Waals surface area contributed by atoms with Gasteiger partial charge in [0.05, 0.1) is 17.4 Å². The van der Waals surface area contributed by atoms with Crippen molar-refractivity contribution in [3.8, 4) is 0 Å². The van der Waals surface area contributed by atoms with E-state index < -0.39 is 21.3 Å². The zero-order valence-electron chi connectivity index (χ0n) is 23.6. The maximum Gasteiger partial charge on any atom is 0.264 e. The van der Waals surface area contributed by atoms with Gasteiger partial charge in [-0.1, -0.05) is 44.1 Å². The molecule has 214 valence electrons. The van der Waals surface area contributed by atoms with Crippen LogP contribution in [-0.4, -0.2) is 74.1 Å². The van der Waals surface area contributed by atoms with Crippen molar-refractivity contribution in [1.29, 1.82) is 0 Å². The van der Waals surface area contributed by atoms with E-state index in [4.69, 9.17) is 0 Å². The second-order valence-electron chi connectivity index (χ2n) is 12.4. The second-order valence-corrected chi connectivity index (χ2v) is 14.1. The predicted molar refractivity (Wildman–Crippen MR) is 157 cm³/mol. The van der Waals surface area contributed by atoms with Gasteiger partial charge >= 0.3 is 0 Å². The summed E-state index contributed by atoms with van der Waals surface area (Å²) in [6.45, 7) is 8.12. The molecule has 2 saturated carbocycles. The summed E-state index contributed by atoms with van der Waals surface area (Å²) in [6, 6.07) is 5.51. The number of carbonyl (C=O) groups excluding carboxylic acids is 2. The SMILES string of the molecule is C=CC1=CC2CC2(C(=O)N2CCCN(C)CC2)Cn2c1c(C1CCCCC1)c1ccc(C(=O)NS(C)(=O)=O)cc12. The van der Waals surface area contributed by atoms with Crippen molar-refractivity contribution >= 4 is 38.3 Å². The molecule has 2 aliphatic heterocycles. The summed E-state index contributed by atoms with van der Waals surface area (Å²) in [6.07, 6.45) is 12.8. The van der Waals surface area contributed by atoms with E-state index in [0.29, 0.717) is 18.0 Å². The molecule has 0 spiro atoms. The molecule has 1 aromatic carbocycles. The van der Waals surface area contributed by atoms with Gasteiger partial charge in [0.2, 0.25) is 15.9 Å². The Morgan fingerprint density at radius 1 is 1.07 bits per heavy atom. The number of carbonyl (C=O) groups is 2. The number of rotatable bonds is 5. The van der Waals surface area contributed by atoms with E-state index in [2.05, 4.69) is 38.8 Å². The molecule has 4 aliphatic rings. The van der Waals surface area contributed by atoms with Gasteiger partial charge in [-0.15, -0.1) is 0 Å². The number of amides is 2. The summed E-state index contributed by atoms with van der Waals surface area (Å²) in [5, 5.41) is 1.09. The molecule has 2 aromatic rings. The first-order valence-electron chi connectivity index (χ1n) is 14.6.